The zero-order valence-electron chi connectivity index (χ0n) is 16.0. The number of carbonyl (C=O) groups excluding carboxylic acids is 2. The quantitative estimate of drug-likeness (QED) is 0.791. The van der Waals surface area contributed by atoms with Crippen LogP contribution in [0.15, 0.2) is 0 Å². The third-order valence-electron chi connectivity index (χ3n) is 3.39. The van der Waals surface area contributed by atoms with E-state index in [1.807, 2.05) is 34.9 Å². The minimum atomic E-state index is -0.493. The summed E-state index contributed by atoms with van der Waals surface area (Å²) in [5.41, 5.74) is -0.502. The van der Waals surface area contributed by atoms with Crippen molar-refractivity contribution in [3.63, 3.8) is 0 Å². The van der Waals surface area contributed by atoms with E-state index in [1.54, 1.807) is 4.90 Å². The van der Waals surface area contributed by atoms with E-state index in [2.05, 4.69) is 35.9 Å². The van der Waals surface area contributed by atoms with Crippen molar-refractivity contribution in [3.05, 3.63) is 0 Å². The molecule has 1 N–H and O–H groups in total. The molecular formula is C18H31N3O3. The molecule has 1 heterocycles. The summed E-state index contributed by atoms with van der Waals surface area (Å²) < 4.78 is 5.28. The van der Waals surface area contributed by atoms with Crippen molar-refractivity contribution in [2.75, 3.05) is 40.3 Å². The van der Waals surface area contributed by atoms with Crippen molar-refractivity contribution in [1.82, 2.24) is 15.1 Å². The van der Waals surface area contributed by atoms with Crippen LogP contribution in [-0.2, 0) is 9.53 Å². The van der Waals surface area contributed by atoms with Crippen LogP contribution in [0, 0.1) is 23.2 Å². The monoisotopic (exact) mass is 337 g/mol. The Labute approximate surface area is 145 Å². The fraction of sp³-hybridized carbons (Fsp3) is 0.778. The van der Waals surface area contributed by atoms with Crippen LogP contribution in [-0.4, -0.2) is 67.7 Å². The summed E-state index contributed by atoms with van der Waals surface area (Å²) in [4.78, 5) is 27.3. The van der Waals surface area contributed by atoms with Crippen molar-refractivity contribution in [1.29, 1.82) is 0 Å². The summed E-state index contributed by atoms with van der Waals surface area (Å²) in [5, 5.41) is 2.85. The number of carbonyl (C=O) groups is 2. The number of amides is 2. The van der Waals surface area contributed by atoms with Crippen molar-refractivity contribution >= 4 is 12.0 Å². The topological polar surface area (TPSA) is 61.9 Å². The van der Waals surface area contributed by atoms with Crippen molar-refractivity contribution in [2.45, 2.75) is 40.2 Å². The Morgan fingerprint density at radius 3 is 2.29 bits per heavy atom. The van der Waals surface area contributed by atoms with Gasteiger partial charge in [-0.25, -0.2) is 4.79 Å². The van der Waals surface area contributed by atoms with Gasteiger partial charge in [-0.15, -0.1) is 0 Å². The molecule has 0 aromatic rings. The zero-order valence-corrected chi connectivity index (χ0v) is 16.0. The van der Waals surface area contributed by atoms with E-state index >= 15 is 0 Å². The molecule has 6 nitrogen and oxygen atoms in total. The molecule has 1 saturated heterocycles. The third-order valence-corrected chi connectivity index (χ3v) is 3.39. The van der Waals surface area contributed by atoms with Crippen LogP contribution in [0.4, 0.5) is 4.79 Å². The smallest absolute Gasteiger partial charge is 0.410 e. The van der Waals surface area contributed by atoms with Gasteiger partial charge in [-0.3, -0.25) is 4.79 Å². The molecule has 0 saturated carbocycles. The molecule has 0 aromatic heterocycles. The first kappa shape index (κ1) is 20.3. The Morgan fingerprint density at radius 1 is 1.21 bits per heavy atom. The van der Waals surface area contributed by atoms with Gasteiger partial charge in [-0.05, 0) is 46.2 Å². The highest BCUT2D eigenvalue weighted by atomic mass is 16.6. The van der Waals surface area contributed by atoms with Crippen LogP contribution in [0.1, 0.15) is 34.6 Å². The molecule has 1 fully saturated rings. The summed E-state index contributed by atoms with van der Waals surface area (Å²) in [5.74, 6) is 5.32. The van der Waals surface area contributed by atoms with E-state index in [-0.39, 0.29) is 23.3 Å². The third kappa shape index (κ3) is 7.69. The first-order valence-corrected chi connectivity index (χ1v) is 8.30. The second kappa shape index (κ2) is 7.89. The number of nitrogens with one attached hydrogen (secondary N) is 1. The van der Waals surface area contributed by atoms with E-state index in [0.29, 0.717) is 19.6 Å². The first-order valence-electron chi connectivity index (χ1n) is 8.30. The van der Waals surface area contributed by atoms with E-state index in [1.165, 1.54) is 0 Å². The lowest BCUT2D eigenvalue weighted by Gasteiger charge is -2.37. The maximum absolute atomic E-state index is 11.8. The molecule has 0 aliphatic carbocycles. The van der Waals surface area contributed by atoms with Crippen LogP contribution in [0.2, 0.25) is 0 Å². The average Bonchev–Trinajstić information content (AvgIpc) is 2.30. The van der Waals surface area contributed by atoms with Gasteiger partial charge in [0.25, 0.3) is 5.91 Å². The van der Waals surface area contributed by atoms with Crippen molar-refractivity contribution < 1.29 is 14.3 Å². The van der Waals surface area contributed by atoms with Gasteiger partial charge in [-0.2, -0.15) is 0 Å². The van der Waals surface area contributed by atoms with Crippen LogP contribution in [0.3, 0.4) is 0 Å². The SMILES string of the molecule is CN(C)CC(C)(C)CNC(=O)C#CC1CN(C(=O)OC(C)(C)C)C1. The molecule has 2 amide bonds. The van der Waals surface area contributed by atoms with E-state index in [4.69, 9.17) is 4.74 Å². The highest BCUT2D eigenvalue weighted by molar-refractivity contribution is 5.93. The van der Waals surface area contributed by atoms with E-state index in [0.717, 1.165) is 6.54 Å². The largest absolute Gasteiger partial charge is 0.444 e. The lowest BCUT2D eigenvalue weighted by atomic mass is 9.93. The molecule has 0 spiro atoms. The summed E-state index contributed by atoms with van der Waals surface area (Å²) >= 11 is 0. The number of hydrogen-bond acceptors (Lipinski definition) is 4. The van der Waals surface area contributed by atoms with Gasteiger partial charge in [0, 0.05) is 26.2 Å². The minimum Gasteiger partial charge on any atom is -0.444 e. The molecule has 0 atom stereocenters. The van der Waals surface area contributed by atoms with Gasteiger partial charge in [0.15, 0.2) is 0 Å². The molecule has 1 aliphatic rings. The van der Waals surface area contributed by atoms with Crippen LogP contribution in [0.5, 0.6) is 0 Å². The van der Waals surface area contributed by atoms with Gasteiger partial charge in [0.05, 0.1) is 5.92 Å². The van der Waals surface area contributed by atoms with Crippen LogP contribution >= 0.6 is 0 Å². The summed E-state index contributed by atoms with van der Waals surface area (Å²) in [6, 6.07) is 0. The lowest BCUT2D eigenvalue weighted by molar-refractivity contribution is -0.116. The summed E-state index contributed by atoms with van der Waals surface area (Å²) in [6.07, 6.45) is -0.324. The summed E-state index contributed by atoms with van der Waals surface area (Å²) in [6.45, 7) is 12.2. The minimum absolute atomic E-state index is 0.00910. The molecule has 24 heavy (non-hydrogen) atoms. The van der Waals surface area contributed by atoms with Crippen LogP contribution in [0.25, 0.3) is 0 Å². The molecule has 0 aromatic carbocycles. The highest BCUT2D eigenvalue weighted by Crippen LogP contribution is 2.18. The normalized spacial score (nSPS) is 15.4. The molecule has 0 unspecified atom stereocenters. The fourth-order valence-corrected chi connectivity index (χ4v) is 2.49. The maximum Gasteiger partial charge on any atom is 0.410 e. The van der Waals surface area contributed by atoms with E-state index < -0.39 is 5.60 Å². The maximum atomic E-state index is 11.8. The molecule has 6 heteroatoms. The molecule has 1 aliphatic heterocycles. The highest BCUT2D eigenvalue weighted by Gasteiger charge is 2.32. The molecular weight excluding hydrogens is 306 g/mol. The second-order valence-electron chi connectivity index (χ2n) is 8.44. The Kier molecular flexibility index (Phi) is 6.67. The van der Waals surface area contributed by atoms with Crippen molar-refractivity contribution in [3.8, 4) is 11.8 Å². The van der Waals surface area contributed by atoms with Gasteiger partial charge in [0.1, 0.15) is 5.60 Å². The Bertz CT molecular complexity index is 518. The van der Waals surface area contributed by atoms with Gasteiger partial charge >= 0.3 is 6.09 Å². The molecule has 136 valence electrons. The fourth-order valence-electron chi connectivity index (χ4n) is 2.49. The molecule has 0 bridgehead atoms. The Morgan fingerprint density at radius 2 is 1.79 bits per heavy atom. The Balaban J connectivity index is 2.33. The van der Waals surface area contributed by atoms with Crippen LogP contribution < -0.4 is 5.32 Å². The van der Waals surface area contributed by atoms with Gasteiger partial charge < -0.3 is 19.9 Å². The number of likely N-dealkylation sites (tertiary alicyclic amines) is 1. The molecule has 1 rings (SSSR count). The van der Waals surface area contributed by atoms with E-state index in [9.17, 15) is 9.59 Å². The number of rotatable bonds is 4. The summed E-state index contributed by atoms with van der Waals surface area (Å²) in [7, 11) is 4.02. The predicted octanol–water partition coefficient (Wildman–Crippen LogP) is 1.56. The number of nitrogens with zero attached hydrogens (tertiary/aromatic N) is 2. The molecule has 0 radical (unpaired) electrons. The average molecular weight is 337 g/mol. The second-order valence-corrected chi connectivity index (χ2v) is 8.44. The first-order chi connectivity index (χ1) is 10.9. The van der Waals surface area contributed by atoms with Gasteiger partial charge in [-0.1, -0.05) is 19.8 Å². The van der Waals surface area contributed by atoms with Gasteiger partial charge in [0.2, 0.25) is 0 Å². The predicted molar refractivity (Wildman–Crippen MR) is 94.4 cm³/mol. The number of hydrogen-bond donors (Lipinski definition) is 1. The number of ether oxygens (including phenoxy) is 1. The van der Waals surface area contributed by atoms with Crippen molar-refractivity contribution in [2.24, 2.45) is 11.3 Å². The Hall–Kier alpha value is -1.74. The zero-order chi connectivity index (χ0) is 18.5. The standard InChI is InChI=1S/C18H31N3O3/c1-17(2,3)24-16(23)21-10-14(11-21)8-9-15(22)19-12-18(4,5)13-20(6)7/h14H,10-13H2,1-7H3,(H,19,22). The lowest BCUT2D eigenvalue weighted by Crippen LogP contribution is -2.51.